The van der Waals surface area contributed by atoms with Crippen molar-refractivity contribution in [3.8, 4) is 55.6 Å². The first-order valence-electron chi connectivity index (χ1n) is 20.8. The van der Waals surface area contributed by atoms with Gasteiger partial charge in [0.2, 0.25) is 0 Å². The SMILES string of the molecule is c1cc(-c2ccc3ccccc3c2)cc(-c2c3ccc(-c4cccc5ccccc45)cc3c(-c3ccc4ccccc4c3)c3ccc(-c4cccc5ccccc45)cc23)c1. The van der Waals surface area contributed by atoms with Gasteiger partial charge >= 0.3 is 0 Å². The van der Waals surface area contributed by atoms with E-state index in [1.807, 2.05) is 0 Å². The fourth-order valence-electron chi connectivity index (χ4n) is 9.71. The number of hydrogen-bond donors (Lipinski definition) is 0. The van der Waals surface area contributed by atoms with Crippen molar-refractivity contribution in [1.29, 1.82) is 0 Å². The van der Waals surface area contributed by atoms with Crippen LogP contribution in [0.3, 0.4) is 0 Å². The molecule has 0 bridgehead atoms. The highest BCUT2D eigenvalue weighted by Gasteiger charge is 2.20. The third kappa shape index (κ3) is 5.69. The predicted octanol–water partition coefficient (Wildman–Crippen LogP) is 16.9. The molecule has 12 aromatic carbocycles. The Labute approximate surface area is 349 Å². The van der Waals surface area contributed by atoms with E-state index >= 15 is 0 Å². The minimum atomic E-state index is 1.20. The van der Waals surface area contributed by atoms with Gasteiger partial charge in [-0.25, -0.2) is 0 Å². The summed E-state index contributed by atoms with van der Waals surface area (Å²) in [6.07, 6.45) is 0. The molecule has 0 spiro atoms. The van der Waals surface area contributed by atoms with Gasteiger partial charge in [0.1, 0.15) is 0 Å². The Kier molecular flexibility index (Phi) is 7.96. The minimum Gasteiger partial charge on any atom is -0.0616 e. The van der Waals surface area contributed by atoms with Crippen LogP contribution in [0.2, 0.25) is 0 Å². The smallest absolute Gasteiger partial charge is 0.00259 e. The first-order chi connectivity index (χ1) is 29.7. The summed E-state index contributed by atoms with van der Waals surface area (Å²) >= 11 is 0. The largest absolute Gasteiger partial charge is 0.0616 e. The molecule has 0 unspecified atom stereocenters. The average Bonchev–Trinajstić information content (AvgIpc) is 3.32. The van der Waals surface area contributed by atoms with Crippen molar-refractivity contribution in [3.05, 3.63) is 231 Å². The molecule has 0 N–H and O–H groups in total. The molecule has 0 heterocycles. The molecular formula is C60H38. The molecule has 60 heavy (non-hydrogen) atoms. The normalized spacial score (nSPS) is 11.7. The highest BCUT2D eigenvalue weighted by Crippen LogP contribution is 2.47. The van der Waals surface area contributed by atoms with E-state index in [0.717, 1.165) is 0 Å². The summed E-state index contributed by atoms with van der Waals surface area (Å²) in [4.78, 5) is 0. The topological polar surface area (TPSA) is 0 Å². The van der Waals surface area contributed by atoms with E-state index in [-0.39, 0.29) is 0 Å². The van der Waals surface area contributed by atoms with Crippen molar-refractivity contribution in [2.45, 2.75) is 0 Å². The lowest BCUT2D eigenvalue weighted by atomic mass is 9.82. The van der Waals surface area contributed by atoms with Crippen molar-refractivity contribution in [3.63, 3.8) is 0 Å². The summed E-state index contributed by atoms with van der Waals surface area (Å²) in [5, 5.41) is 14.9. The second kappa shape index (κ2) is 13.9. The molecule has 0 nitrogen and oxygen atoms in total. The number of fused-ring (bicyclic) bond motifs is 6. The second-order valence-corrected chi connectivity index (χ2v) is 16.0. The molecule has 0 radical (unpaired) electrons. The second-order valence-electron chi connectivity index (χ2n) is 16.0. The van der Waals surface area contributed by atoms with E-state index in [1.54, 1.807) is 0 Å². The summed E-state index contributed by atoms with van der Waals surface area (Å²) in [7, 11) is 0. The van der Waals surface area contributed by atoms with Crippen molar-refractivity contribution in [2.24, 2.45) is 0 Å². The van der Waals surface area contributed by atoms with Crippen LogP contribution in [0.15, 0.2) is 231 Å². The highest BCUT2D eigenvalue weighted by molar-refractivity contribution is 6.23. The molecule has 0 saturated carbocycles. The van der Waals surface area contributed by atoms with Crippen LogP contribution in [0.25, 0.3) is 120 Å². The molecular weight excluding hydrogens is 721 g/mol. The van der Waals surface area contributed by atoms with Gasteiger partial charge in [-0.2, -0.15) is 0 Å². The van der Waals surface area contributed by atoms with Crippen LogP contribution < -0.4 is 0 Å². The van der Waals surface area contributed by atoms with Gasteiger partial charge in [0, 0.05) is 0 Å². The van der Waals surface area contributed by atoms with E-state index in [1.165, 1.54) is 120 Å². The molecule has 0 fully saturated rings. The maximum absolute atomic E-state index is 2.46. The first kappa shape index (κ1) is 34.3. The molecule has 12 rings (SSSR count). The highest BCUT2D eigenvalue weighted by atomic mass is 14.2. The first-order valence-corrected chi connectivity index (χ1v) is 20.8. The number of rotatable bonds is 5. The molecule has 0 heteroatoms. The maximum atomic E-state index is 2.46. The van der Waals surface area contributed by atoms with Gasteiger partial charge in [0.15, 0.2) is 0 Å². The zero-order chi connectivity index (χ0) is 39.6. The van der Waals surface area contributed by atoms with Crippen LogP contribution in [-0.4, -0.2) is 0 Å². The molecule has 0 aliphatic rings. The summed E-state index contributed by atoms with van der Waals surface area (Å²) in [6, 6.07) is 85.5. The van der Waals surface area contributed by atoms with Gasteiger partial charge in [-0.1, -0.05) is 200 Å². The lowest BCUT2D eigenvalue weighted by molar-refractivity contribution is 1.62. The molecule has 0 saturated heterocycles. The van der Waals surface area contributed by atoms with Crippen LogP contribution in [0, 0.1) is 0 Å². The maximum Gasteiger partial charge on any atom is -0.00259 e. The Bertz CT molecular complexity index is 3650. The Morgan fingerprint density at radius 1 is 0.167 bits per heavy atom. The summed E-state index contributed by atoms with van der Waals surface area (Å²) < 4.78 is 0. The lowest BCUT2D eigenvalue weighted by Gasteiger charge is -2.21. The van der Waals surface area contributed by atoms with Crippen LogP contribution in [-0.2, 0) is 0 Å². The molecule has 0 aliphatic heterocycles. The van der Waals surface area contributed by atoms with Crippen LogP contribution in [0.4, 0.5) is 0 Å². The lowest BCUT2D eigenvalue weighted by Crippen LogP contribution is -1.93. The summed E-state index contributed by atoms with van der Waals surface area (Å²) in [6.45, 7) is 0. The molecule has 0 atom stereocenters. The average molecular weight is 759 g/mol. The van der Waals surface area contributed by atoms with E-state index in [4.69, 9.17) is 0 Å². The fraction of sp³-hybridized carbons (Fsp3) is 0. The Morgan fingerprint density at radius 2 is 0.550 bits per heavy atom. The predicted molar refractivity (Wildman–Crippen MR) is 259 cm³/mol. The van der Waals surface area contributed by atoms with E-state index in [0.29, 0.717) is 0 Å². The Hall–Kier alpha value is -7.80. The molecule has 0 amide bonds. The molecule has 0 aromatic heterocycles. The van der Waals surface area contributed by atoms with Gasteiger partial charge < -0.3 is 0 Å². The number of hydrogen-bond acceptors (Lipinski definition) is 0. The number of benzene rings is 12. The Morgan fingerprint density at radius 3 is 1.12 bits per heavy atom. The van der Waals surface area contributed by atoms with Crippen molar-refractivity contribution in [2.75, 3.05) is 0 Å². The van der Waals surface area contributed by atoms with Crippen molar-refractivity contribution < 1.29 is 0 Å². The van der Waals surface area contributed by atoms with Crippen LogP contribution in [0.5, 0.6) is 0 Å². The van der Waals surface area contributed by atoms with E-state index < -0.39 is 0 Å². The van der Waals surface area contributed by atoms with Gasteiger partial charge in [-0.3, -0.25) is 0 Å². The third-order valence-corrected chi connectivity index (χ3v) is 12.6. The van der Waals surface area contributed by atoms with Gasteiger partial charge in [-0.15, -0.1) is 0 Å². The molecule has 12 aromatic rings. The monoisotopic (exact) mass is 758 g/mol. The quantitative estimate of drug-likeness (QED) is 0.153. The van der Waals surface area contributed by atoms with Gasteiger partial charge in [-0.05, 0) is 151 Å². The summed E-state index contributed by atoms with van der Waals surface area (Å²) in [5.41, 5.74) is 12.2. The standard InChI is InChI=1S/C60H38/c1-3-16-43-34-46(28-26-39(43)12-1)45-20-9-21-49(36-45)59-55-32-30-48(54-25-11-19-42-15-6-8-23-52(42)54)38-58(55)60(50-29-27-40-13-2-4-17-44(40)35-50)56-33-31-47(37-57(56)59)53-24-10-18-41-14-5-7-22-51(41)53/h1-38H. The van der Waals surface area contributed by atoms with E-state index in [9.17, 15) is 0 Å². The van der Waals surface area contributed by atoms with Crippen LogP contribution in [0.1, 0.15) is 0 Å². The van der Waals surface area contributed by atoms with Gasteiger partial charge in [0.05, 0.1) is 0 Å². The fourth-order valence-corrected chi connectivity index (χ4v) is 9.71. The third-order valence-electron chi connectivity index (χ3n) is 12.6. The van der Waals surface area contributed by atoms with E-state index in [2.05, 4.69) is 231 Å². The van der Waals surface area contributed by atoms with Crippen LogP contribution >= 0.6 is 0 Å². The zero-order valence-corrected chi connectivity index (χ0v) is 32.9. The summed E-state index contributed by atoms with van der Waals surface area (Å²) in [5.74, 6) is 0. The minimum absolute atomic E-state index is 1.20. The van der Waals surface area contributed by atoms with Crippen molar-refractivity contribution >= 4 is 64.6 Å². The van der Waals surface area contributed by atoms with Gasteiger partial charge in [0.25, 0.3) is 0 Å². The molecule has 0 aliphatic carbocycles. The Balaban J connectivity index is 1.19. The molecule has 278 valence electrons. The zero-order valence-electron chi connectivity index (χ0n) is 32.9. The van der Waals surface area contributed by atoms with Crippen molar-refractivity contribution in [1.82, 2.24) is 0 Å².